The third-order valence-electron chi connectivity index (χ3n) is 2.59. The van der Waals surface area contributed by atoms with Crippen LogP contribution in [0.25, 0.3) is 12.2 Å². The van der Waals surface area contributed by atoms with Crippen LogP contribution in [0.4, 0.5) is 0 Å². The molecule has 0 unspecified atom stereocenters. The van der Waals surface area contributed by atoms with E-state index in [9.17, 15) is 0 Å². The molecule has 0 atom stereocenters. The first kappa shape index (κ1) is 9.71. The van der Waals surface area contributed by atoms with Crippen molar-refractivity contribution >= 4 is 12.2 Å². The number of aromatic nitrogens is 2. The maximum atomic E-state index is 4.14. The standard InChI is InChI=1S/C13H14N2/c1-10-4-3-5-12(11(10)2)6-7-13-14-8-9-15-13/h3-9H,1-2H3,(H,14,15). The fraction of sp³-hybridized carbons (Fsp3) is 0.154. The van der Waals surface area contributed by atoms with Crippen molar-refractivity contribution in [2.75, 3.05) is 0 Å². The van der Waals surface area contributed by atoms with Crippen molar-refractivity contribution in [2.24, 2.45) is 0 Å². The Labute approximate surface area is 89.7 Å². The number of imidazole rings is 1. The zero-order chi connectivity index (χ0) is 10.7. The molecular weight excluding hydrogens is 184 g/mol. The van der Waals surface area contributed by atoms with Crippen LogP contribution in [-0.4, -0.2) is 9.97 Å². The van der Waals surface area contributed by atoms with Gasteiger partial charge in [-0.1, -0.05) is 24.3 Å². The molecule has 0 fully saturated rings. The number of nitrogens with zero attached hydrogens (tertiary/aromatic N) is 1. The zero-order valence-electron chi connectivity index (χ0n) is 8.99. The average Bonchev–Trinajstić information content (AvgIpc) is 2.73. The smallest absolute Gasteiger partial charge is 0.129 e. The van der Waals surface area contributed by atoms with Crippen molar-refractivity contribution in [2.45, 2.75) is 13.8 Å². The van der Waals surface area contributed by atoms with E-state index in [0.717, 1.165) is 5.82 Å². The van der Waals surface area contributed by atoms with Crippen LogP contribution >= 0.6 is 0 Å². The molecule has 2 heteroatoms. The average molecular weight is 198 g/mol. The van der Waals surface area contributed by atoms with Gasteiger partial charge in [-0.25, -0.2) is 4.98 Å². The topological polar surface area (TPSA) is 28.7 Å². The lowest BCUT2D eigenvalue weighted by Crippen LogP contribution is -1.84. The number of aromatic amines is 1. The maximum absolute atomic E-state index is 4.14. The van der Waals surface area contributed by atoms with Gasteiger partial charge in [0.05, 0.1) is 0 Å². The Morgan fingerprint density at radius 3 is 2.80 bits per heavy atom. The third-order valence-corrected chi connectivity index (χ3v) is 2.59. The second-order valence-corrected chi connectivity index (χ2v) is 3.60. The van der Waals surface area contributed by atoms with Crippen LogP contribution in [0.1, 0.15) is 22.5 Å². The molecule has 0 aliphatic heterocycles. The normalized spacial score (nSPS) is 11.1. The first-order valence-corrected chi connectivity index (χ1v) is 5.01. The molecule has 15 heavy (non-hydrogen) atoms. The molecule has 1 aromatic heterocycles. The van der Waals surface area contributed by atoms with Gasteiger partial charge in [0.2, 0.25) is 0 Å². The predicted molar refractivity (Wildman–Crippen MR) is 63.4 cm³/mol. The highest BCUT2D eigenvalue weighted by Gasteiger charge is 1.96. The van der Waals surface area contributed by atoms with Gasteiger partial charge in [-0.15, -0.1) is 0 Å². The second kappa shape index (κ2) is 4.13. The molecule has 2 rings (SSSR count). The number of H-pyrrole nitrogens is 1. The molecule has 0 radical (unpaired) electrons. The number of rotatable bonds is 2. The zero-order valence-corrected chi connectivity index (χ0v) is 8.99. The fourth-order valence-electron chi connectivity index (χ4n) is 1.49. The Balaban J connectivity index is 2.28. The van der Waals surface area contributed by atoms with Gasteiger partial charge >= 0.3 is 0 Å². The monoisotopic (exact) mass is 198 g/mol. The number of nitrogens with one attached hydrogen (secondary N) is 1. The summed E-state index contributed by atoms with van der Waals surface area (Å²) in [5.41, 5.74) is 3.88. The van der Waals surface area contributed by atoms with Crippen LogP contribution in [0.5, 0.6) is 0 Å². The molecule has 0 spiro atoms. The van der Waals surface area contributed by atoms with E-state index >= 15 is 0 Å². The minimum atomic E-state index is 0.885. The molecule has 1 aromatic carbocycles. The Bertz CT molecular complexity index is 467. The first-order valence-electron chi connectivity index (χ1n) is 5.01. The molecule has 76 valence electrons. The SMILES string of the molecule is Cc1cccc(C=Cc2ncc[nH]2)c1C. The van der Waals surface area contributed by atoms with E-state index < -0.39 is 0 Å². The Kier molecular flexibility index (Phi) is 2.68. The first-order chi connectivity index (χ1) is 7.27. The molecule has 2 nitrogen and oxygen atoms in total. The Hall–Kier alpha value is -1.83. The summed E-state index contributed by atoms with van der Waals surface area (Å²) in [4.78, 5) is 7.18. The van der Waals surface area contributed by atoms with E-state index in [0.29, 0.717) is 0 Å². The highest BCUT2D eigenvalue weighted by Crippen LogP contribution is 2.14. The van der Waals surface area contributed by atoms with Crippen LogP contribution in [-0.2, 0) is 0 Å². The van der Waals surface area contributed by atoms with E-state index in [1.807, 2.05) is 12.3 Å². The highest BCUT2D eigenvalue weighted by atomic mass is 14.9. The molecule has 0 aliphatic carbocycles. The number of aryl methyl sites for hydroxylation is 1. The molecule has 0 aliphatic rings. The molecule has 0 saturated heterocycles. The highest BCUT2D eigenvalue weighted by molar-refractivity contribution is 5.68. The van der Waals surface area contributed by atoms with Crippen molar-refractivity contribution in [1.82, 2.24) is 9.97 Å². The van der Waals surface area contributed by atoms with Crippen LogP contribution in [0.15, 0.2) is 30.6 Å². The molecule has 0 bridgehead atoms. The van der Waals surface area contributed by atoms with Crippen molar-refractivity contribution in [3.8, 4) is 0 Å². The van der Waals surface area contributed by atoms with E-state index in [4.69, 9.17) is 0 Å². The number of hydrogen-bond acceptors (Lipinski definition) is 1. The summed E-state index contributed by atoms with van der Waals surface area (Å²) in [6.07, 6.45) is 7.65. The van der Waals surface area contributed by atoms with Gasteiger partial charge in [0.25, 0.3) is 0 Å². The van der Waals surface area contributed by atoms with Gasteiger partial charge < -0.3 is 4.98 Å². The van der Waals surface area contributed by atoms with Crippen molar-refractivity contribution in [3.05, 3.63) is 53.1 Å². The summed E-state index contributed by atoms with van der Waals surface area (Å²) in [6, 6.07) is 6.31. The van der Waals surface area contributed by atoms with Gasteiger partial charge in [0.15, 0.2) is 0 Å². The van der Waals surface area contributed by atoms with E-state index in [-0.39, 0.29) is 0 Å². The summed E-state index contributed by atoms with van der Waals surface area (Å²) in [5, 5.41) is 0. The van der Waals surface area contributed by atoms with Crippen molar-refractivity contribution in [3.63, 3.8) is 0 Å². The summed E-state index contributed by atoms with van der Waals surface area (Å²) in [7, 11) is 0. The predicted octanol–water partition coefficient (Wildman–Crippen LogP) is 3.20. The van der Waals surface area contributed by atoms with Crippen LogP contribution in [0.2, 0.25) is 0 Å². The molecular formula is C13H14N2. The molecule has 0 saturated carbocycles. The minimum Gasteiger partial charge on any atom is -0.345 e. The summed E-state index contributed by atoms with van der Waals surface area (Å²) in [6.45, 7) is 4.26. The van der Waals surface area contributed by atoms with Crippen LogP contribution in [0, 0.1) is 13.8 Å². The minimum absolute atomic E-state index is 0.885. The second-order valence-electron chi connectivity index (χ2n) is 3.60. The lowest BCUT2D eigenvalue weighted by atomic mass is 10.0. The summed E-state index contributed by atoms with van der Waals surface area (Å²) >= 11 is 0. The van der Waals surface area contributed by atoms with Crippen molar-refractivity contribution in [1.29, 1.82) is 0 Å². The van der Waals surface area contributed by atoms with E-state index in [1.165, 1.54) is 16.7 Å². The summed E-state index contributed by atoms with van der Waals surface area (Å²) < 4.78 is 0. The molecule has 2 aromatic rings. The molecule has 0 amide bonds. The maximum Gasteiger partial charge on any atom is 0.129 e. The largest absolute Gasteiger partial charge is 0.345 e. The molecule has 1 N–H and O–H groups in total. The van der Waals surface area contributed by atoms with E-state index in [2.05, 4.69) is 48.1 Å². The Morgan fingerprint density at radius 2 is 2.07 bits per heavy atom. The quantitative estimate of drug-likeness (QED) is 0.788. The van der Waals surface area contributed by atoms with Gasteiger partial charge in [-0.2, -0.15) is 0 Å². The number of benzene rings is 1. The van der Waals surface area contributed by atoms with Gasteiger partial charge in [0.1, 0.15) is 5.82 Å². The lowest BCUT2D eigenvalue weighted by Gasteiger charge is -2.02. The van der Waals surface area contributed by atoms with Crippen molar-refractivity contribution < 1.29 is 0 Å². The van der Waals surface area contributed by atoms with Gasteiger partial charge in [-0.3, -0.25) is 0 Å². The van der Waals surface area contributed by atoms with Crippen LogP contribution < -0.4 is 0 Å². The fourth-order valence-corrected chi connectivity index (χ4v) is 1.49. The van der Waals surface area contributed by atoms with Gasteiger partial charge in [0, 0.05) is 12.4 Å². The Morgan fingerprint density at radius 1 is 1.20 bits per heavy atom. The molecule has 1 heterocycles. The third kappa shape index (κ3) is 2.15. The lowest BCUT2D eigenvalue weighted by molar-refractivity contribution is 1.27. The van der Waals surface area contributed by atoms with Gasteiger partial charge in [-0.05, 0) is 36.6 Å². The van der Waals surface area contributed by atoms with Crippen LogP contribution in [0.3, 0.4) is 0 Å². The van der Waals surface area contributed by atoms with E-state index in [1.54, 1.807) is 6.20 Å². The number of hydrogen-bond donors (Lipinski definition) is 1. The summed E-state index contributed by atoms with van der Waals surface area (Å²) in [5.74, 6) is 0.885.